The van der Waals surface area contributed by atoms with Crippen LogP contribution in [0.3, 0.4) is 0 Å². The second kappa shape index (κ2) is 4.74. The third-order valence-corrected chi connectivity index (χ3v) is 2.88. The van der Waals surface area contributed by atoms with Crippen molar-refractivity contribution in [3.8, 4) is 0 Å². The van der Waals surface area contributed by atoms with E-state index >= 15 is 0 Å². The molecule has 2 heterocycles. The van der Waals surface area contributed by atoms with Crippen LogP contribution in [0.5, 0.6) is 0 Å². The van der Waals surface area contributed by atoms with Gasteiger partial charge < -0.3 is 0 Å². The normalized spacial score (nSPS) is 10.3. The van der Waals surface area contributed by atoms with Gasteiger partial charge in [-0.25, -0.2) is 19.9 Å². The fraction of sp³-hybridized carbons (Fsp3) is 0. The zero-order chi connectivity index (χ0) is 10.7. The molecule has 2 aromatic heterocycles. The fourth-order valence-electron chi connectivity index (χ4n) is 0.827. The first-order valence-corrected chi connectivity index (χ1v) is 5.46. The van der Waals surface area contributed by atoms with E-state index in [-0.39, 0.29) is 5.28 Å². The van der Waals surface area contributed by atoms with Crippen molar-refractivity contribution in [1.82, 2.24) is 19.9 Å². The van der Waals surface area contributed by atoms with Gasteiger partial charge in [0.15, 0.2) is 5.16 Å². The lowest BCUT2D eigenvalue weighted by Gasteiger charge is -2.00. The van der Waals surface area contributed by atoms with Crippen molar-refractivity contribution in [1.29, 1.82) is 0 Å². The minimum atomic E-state index is 0.151. The second-order valence-corrected chi connectivity index (χ2v) is 4.13. The van der Waals surface area contributed by atoms with Crippen LogP contribution in [0.4, 0.5) is 0 Å². The lowest BCUT2D eigenvalue weighted by Crippen LogP contribution is -1.89. The molecule has 0 N–H and O–H groups in total. The molecule has 0 atom stereocenters. The zero-order valence-electron chi connectivity index (χ0n) is 7.26. The monoisotopic (exact) mass is 258 g/mol. The number of halogens is 2. The van der Waals surface area contributed by atoms with Crippen molar-refractivity contribution in [2.24, 2.45) is 0 Å². The Balaban J connectivity index is 2.28. The van der Waals surface area contributed by atoms with Crippen LogP contribution in [-0.2, 0) is 0 Å². The average Bonchev–Trinajstić information content (AvgIpc) is 2.25. The van der Waals surface area contributed by atoms with Crippen molar-refractivity contribution in [2.75, 3.05) is 0 Å². The first kappa shape index (κ1) is 10.6. The molecule has 0 bridgehead atoms. The van der Waals surface area contributed by atoms with Crippen molar-refractivity contribution in [3.05, 3.63) is 35.0 Å². The number of nitrogens with zero attached hydrogens (tertiary/aromatic N) is 4. The average molecular weight is 259 g/mol. The standard InChI is InChI=1S/C8H4Cl2N4S/c9-5-4-13-7(10)14-6(5)15-8-11-2-1-3-12-8/h1-4H. The van der Waals surface area contributed by atoms with Gasteiger partial charge in [0.1, 0.15) is 5.03 Å². The molecule has 7 heteroatoms. The van der Waals surface area contributed by atoms with E-state index in [1.165, 1.54) is 18.0 Å². The predicted molar refractivity (Wildman–Crippen MR) is 58.2 cm³/mol. The van der Waals surface area contributed by atoms with E-state index in [4.69, 9.17) is 23.2 Å². The number of hydrogen-bond acceptors (Lipinski definition) is 5. The third-order valence-electron chi connectivity index (χ3n) is 1.41. The Kier molecular flexibility index (Phi) is 3.35. The molecule has 0 amide bonds. The van der Waals surface area contributed by atoms with E-state index in [0.717, 1.165) is 0 Å². The molecule has 2 aromatic rings. The van der Waals surface area contributed by atoms with E-state index in [1.54, 1.807) is 18.5 Å². The highest BCUT2D eigenvalue weighted by atomic mass is 35.5. The summed E-state index contributed by atoms with van der Waals surface area (Å²) in [5.74, 6) is 0. The molecule has 0 radical (unpaired) electrons. The van der Waals surface area contributed by atoms with Crippen LogP contribution in [0.2, 0.25) is 10.3 Å². The van der Waals surface area contributed by atoms with Crippen molar-refractivity contribution in [2.45, 2.75) is 10.2 Å². The zero-order valence-corrected chi connectivity index (χ0v) is 9.59. The molecule has 2 rings (SSSR count). The van der Waals surface area contributed by atoms with Gasteiger partial charge in [-0.05, 0) is 29.4 Å². The van der Waals surface area contributed by atoms with Gasteiger partial charge in [0.05, 0.1) is 11.2 Å². The van der Waals surface area contributed by atoms with Gasteiger partial charge >= 0.3 is 0 Å². The van der Waals surface area contributed by atoms with Gasteiger partial charge in [-0.15, -0.1) is 0 Å². The maximum atomic E-state index is 5.89. The maximum absolute atomic E-state index is 5.89. The summed E-state index contributed by atoms with van der Waals surface area (Å²) in [6, 6.07) is 1.73. The van der Waals surface area contributed by atoms with Crippen molar-refractivity contribution < 1.29 is 0 Å². The molecule has 15 heavy (non-hydrogen) atoms. The van der Waals surface area contributed by atoms with E-state index in [1.807, 2.05) is 0 Å². The first-order valence-electron chi connectivity index (χ1n) is 3.88. The van der Waals surface area contributed by atoms with Crippen LogP contribution < -0.4 is 0 Å². The minimum Gasteiger partial charge on any atom is -0.231 e. The Morgan fingerprint density at radius 2 is 1.80 bits per heavy atom. The molecule has 0 saturated heterocycles. The lowest BCUT2D eigenvalue weighted by atomic mass is 10.7. The summed E-state index contributed by atoms with van der Waals surface area (Å²) in [4.78, 5) is 15.8. The number of aromatic nitrogens is 4. The molecular weight excluding hydrogens is 255 g/mol. The van der Waals surface area contributed by atoms with Gasteiger partial charge in [-0.2, -0.15) is 0 Å². The van der Waals surface area contributed by atoms with Crippen LogP contribution >= 0.6 is 35.0 Å². The quantitative estimate of drug-likeness (QED) is 0.613. The van der Waals surface area contributed by atoms with E-state index in [0.29, 0.717) is 15.2 Å². The largest absolute Gasteiger partial charge is 0.231 e. The Hall–Kier alpha value is -0.910. The lowest BCUT2D eigenvalue weighted by molar-refractivity contribution is 0.955. The molecule has 0 saturated carbocycles. The smallest absolute Gasteiger partial charge is 0.223 e. The summed E-state index contributed by atoms with van der Waals surface area (Å²) in [5.41, 5.74) is 0. The minimum absolute atomic E-state index is 0.151. The summed E-state index contributed by atoms with van der Waals surface area (Å²) < 4.78 is 0. The van der Waals surface area contributed by atoms with Crippen LogP contribution in [0.25, 0.3) is 0 Å². The highest BCUT2D eigenvalue weighted by molar-refractivity contribution is 7.99. The molecule has 0 spiro atoms. The molecule has 4 nitrogen and oxygen atoms in total. The highest BCUT2D eigenvalue weighted by Crippen LogP contribution is 2.29. The predicted octanol–water partition coefficient (Wildman–Crippen LogP) is 2.72. The highest BCUT2D eigenvalue weighted by Gasteiger charge is 2.07. The van der Waals surface area contributed by atoms with Gasteiger partial charge in [0.2, 0.25) is 5.28 Å². The van der Waals surface area contributed by atoms with Crippen molar-refractivity contribution >= 4 is 35.0 Å². The molecule has 0 aliphatic carbocycles. The van der Waals surface area contributed by atoms with Crippen LogP contribution in [0, 0.1) is 0 Å². The summed E-state index contributed by atoms with van der Waals surface area (Å²) in [6.07, 6.45) is 4.74. The topological polar surface area (TPSA) is 51.6 Å². The third kappa shape index (κ3) is 2.77. The number of hydrogen-bond donors (Lipinski definition) is 0. The van der Waals surface area contributed by atoms with Gasteiger partial charge in [0, 0.05) is 12.4 Å². The molecule has 76 valence electrons. The molecule has 0 fully saturated rings. The maximum Gasteiger partial charge on any atom is 0.223 e. The van der Waals surface area contributed by atoms with Gasteiger partial charge in [-0.1, -0.05) is 11.6 Å². The first-order chi connectivity index (χ1) is 7.25. The molecule has 0 aliphatic heterocycles. The van der Waals surface area contributed by atoms with Crippen LogP contribution in [0.1, 0.15) is 0 Å². The van der Waals surface area contributed by atoms with E-state index < -0.39 is 0 Å². The Morgan fingerprint density at radius 1 is 1.07 bits per heavy atom. The second-order valence-electron chi connectivity index (χ2n) is 2.43. The number of rotatable bonds is 2. The Bertz CT molecular complexity index is 465. The van der Waals surface area contributed by atoms with Crippen LogP contribution in [-0.4, -0.2) is 19.9 Å². The fourth-order valence-corrected chi connectivity index (χ4v) is 1.90. The molecule has 0 aliphatic rings. The molecular formula is C8H4Cl2N4S. The molecule has 0 unspecified atom stereocenters. The van der Waals surface area contributed by atoms with Crippen molar-refractivity contribution in [3.63, 3.8) is 0 Å². The summed E-state index contributed by atoms with van der Waals surface area (Å²) in [7, 11) is 0. The van der Waals surface area contributed by atoms with Crippen LogP contribution in [0.15, 0.2) is 34.8 Å². The summed E-state index contributed by atoms with van der Waals surface area (Å²) >= 11 is 12.8. The van der Waals surface area contributed by atoms with E-state index in [9.17, 15) is 0 Å². The van der Waals surface area contributed by atoms with E-state index in [2.05, 4.69) is 19.9 Å². The SMILES string of the molecule is Clc1ncc(Cl)c(Sc2ncccn2)n1. The Labute approximate surface area is 100 Å². The Morgan fingerprint density at radius 3 is 2.53 bits per heavy atom. The summed E-state index contributed by atoms with van der Waals surface area (Å²) in [6.45, 7) is 0. The van der Waals surface area contributed by atoms with Gasteiger partial charge in [-0.3, -0.25) is 0 Å². The van der Waals surface area contributed by atoms with Gasteiger partial charge in [0.25, 0.3) is 0 Å². The summed E-state index contributed by atoms with van der Waals surface area (Å²) in [5, 5.41) is 1.69. The molecule has 0 aromatic carbocycles.